The van der Waals surface area contributed by atoms with Gasteiger partial charge in [-0.2, -0.15) is 0 Å². The first-order valence-electron chi connectivity index (χ1n) is 18.3. The van der Waals surface area contributed by atoms with Gasteiger partial charge in [-0.3, -0.25) is 4.79 Å². The van der Waals surface area contributed by atoms with Gasteiger partial charge in [0.05, 0.1) is 5.92 Å². The summed E-state index contributed by atoms with van der Waals surface area (Å²) in [6, 6.07) is 7.70. The molecule has 0 bridgehead atoms. The predicted octanol–water partition coefficient (Wildman–Crippen LogP) is 11.3. The second-order valence-corrected chi connectivity index (χ2v) is 13.8. The molecule has 2 aliphatic rings. The van der Waals surface area contributed by atoms with Crippen LogP contribution in [0.1, 0.15) is 154 Å². The highest BCUT2D eigenvalue weighted by molar-refractivity contribution is 5.75. The fourth-order valence-corrected chi connectivity index (χ4v) is 7.60. The minimum atomic E-state index is -0.0519. The number of aryl methyl sites for hydroxylation is 1. The summed E-state index contributed by atoms with van der Waals surface area (Å²) < 4.78 is 5.83. The van der Waals surface area contributed by atoms with E-state index < -0.39 is 0 Å². The first-order valence-corrected chi connectivity index (χ1v) is 18.3. The maximum absolute atomic E-state index is 13.0. The maximum atomic E-state index is 13.0. The van der Waals surface area contributed by atoms with E-state index in [1.165, 1.54) is 128 Å². The lowest BCUT2D eigenvalue weighted by Crippen LogP contribution is -2.30. The molecule has 2 aliphatic carbocycles. The minimum absolute atomic E-state index is 0.0441. The number of carbonyl (C=O) groups is 1. The molecule has 1 aromatic carbocycles. The molecule has 1 heterocycles. The highest BCUT2D eigenvalue weighted by Crippen LogP contribution is 2.42. The number of esters is 1. The zero-order valence-electron chi connectivity index (χ0n) is 27.5. The number of hydrogen-bond acceptors (Lipinski definition) is 4. The molecule has 0 aliphatic heterocycles. The molecule has 4 rings (SSSR count). The molecule has 0 amide bonds. The summed E-state index contributed by atoms with van der Waals surface area (Å²) in [6.45, 7) is 4.56. The second kappa shape index (κ2) is 19.2. The van der Waals surface area contributed by atoms with Crippen molar-refractivity contribution in [3.05, 3.63) is 42.2 Å². The van der Waals surface area contributed by atoms with E-state index in [-0.39, 0.29) is 11.9 Å². The molecule has 2 fully saturated rings. The monoisotopic (exact) mass is 588 g/mol. The summed E-state index contributed by atoms with van der Waals surface area (Å²) in [5.41, 5.74) is 2.16. The molecule has 0 unspecified atom stereocenters. The van der Waals surface area contributed by atoms with Gasteiger partial charge >= 0.3 is 5.97 Å². The Hall–Kier alpha value is -2.23. The van der Waals surface area contributed by atoms with E-state index in [2.05, 4.69) is 23.8 Å². The average molecular weight is 589 g/mol. The number of nitrogens with zero attached hydrogens (tertiary/aromatic N) is 2. The van der Waals surface area contributed by atoms with Gasteiger partial charge in [0.2, 0.25) is 0 Å². The van der Waals surface area contributed by atoms with Crippen LogP contribution in [0.2, 0.25) is 0 Å². The predicted molar refractivity (Wildman–Crippen MR) is 179 cm³/mol. The summed E-state index contributed by atoms with van der Waals surface area (Å²) in [7, 11) is 0. The molecule has 1 aromatic heterocycles. The number of carbonyl (C=O) groups excluding carboxylic acids is 1. The van der Waals surface area contributed by atoms with Crippen LogP contribution >= 0.6 is 0 Å². The van der Waals surface area contributed by atoms with Crippen LogP contribution in [0.15, 0.2) is 36.7 Å². The Morgan fingerprint density at radius 2 is 1.21 bits per heavy atom. The molecule has 0 atom stereocenters. The Labute approximate surface area is 263 Å². The SMILES string of the molecule is CCCCCCCCCc1cnc(-c2ccc(OC(=O)[C@H]3CC[C@H]([C@H]4CC[C@H](CCCCCCC)CC4)CC3)cc2)nc1. The van der Waals surface area contributed by atoms with Crippen LogP contribution < -0.4 is 4.74 Å². The van der Waals surface area contributed by atoms with Crippen molar-refractivity contribution < 1.29 is 9.53 Å². The first-order chi connectivity index (χ1) is 21.2. The highest BCUT2D eigenvalue weighted by Gasteiger charge is 2.33. The van der Waals surface area contributed by atoms with Gasteiger partial charge in [0.1, 0.15) is 5.75 Å². The Balaban J connectivity index is 1.12. The number of hydrogen-bond donors (Lipinski definition) is 0. The number of ether oxygens (including phenoxy) is 1. The first kappa shape index (κ1) is 33.7. The summed E-state index contributed by atoms with van der Waals surface area (Å²) in [4.78, 5) is 22.2. The zero-order chi connectivity index (χ0) is 30.1. The van der Waals surface area contributed by atoms with Gasteiger partial charge in [-0.25, -0.2) is 9.97 Å². The Bertz CT molecular complexity index is 1020. The molecule has 4 nitrogen and oxygen atoms in total. The summed E-state index contributed by atoms with van der Waals surface area (Å²) >= 11 is 0. The van der Waals surface area contributed by atoms with Crippen molar-refractivity contribution in [3.8, 4) is 17.1 Å². The third-order valence-corrected chi connectivity index (χ3v) is 10.5. The van der Waals surface area contributed by atoms with Crippen LogP contribution in [0.25, 0.3) is 11.4 Å². The van der Waals surface area contributed by atoms with Crippen molar-refractivity contribution in [3.63, 3.8) is 0 Å². The van der Waals surface area contributed by atoms with Gasteiger partial charge in [0.25, 0.3) is 0 Å². The normalized spacial score (nSPS) is 22.4. The van der Waals surface area contributed by atoms with Crippen molar-refractivity contribution >= 4 is 5.97 Å². The number of unbranched alkanes of at least 4 members (excludes halogenated alkanes) is 10. The molecule has 43 heavy (non-hydrogen) atoms. The number of aromatic nitrogens is 2. The quantitative estimate of drug-likeness (QED) is 0.0987. The van der Waals surface area contributed by atoms with Crippen LogP contribution in [0.5, 0.6) is 5.75 Å². The van der Waals surface area contributed by atoms with Crippen LogP contribution in [-0.2, 0) is 11.2 Å². The highest BCUT2D eigenvalue weighted by atomic mass is 16.5. The van der Waals surface area contributed by atoms with Crippen molar-refractivity contribution in [2.45, 2.75) is 155 Å². The van der Waals surface area contributed by atoms with Gasteiger partial charge in [0.15, 0.2) is 5.82 Å². The van der Waals surface area contributed by atoms with Crippen molar-refractivity contribution in [1.82, 2.24) is 9.97 Å². The van der Waals surface area contributed by atoms with E-state index >= 15 is 0 Å². The Morgan fingerprint density at radius 1 is 0.674 bits per heavy atom. The third-order valence-electron chi connectivity index (χ3n) is 10.5. The molecule has 0 saturated heterocycles. The Morgan fingerprint density at radius 3 is 1.81 bits per heavy atom. The largest absolute Gasteiger partial charge is 0.426 e. The topological polar surface area (TPSA) is 52.1 Å². The summed E-state index contributed by atoms with van der Waals surface area (Å²) in [6.07, 6.45) is 32.7. The molecule has 2 aromatic rings. The summed E-state index contributed by atoms with van der Waals surface area (Å²) in [5, 5.41) is 0. The van der Waals surface area contributed by atoms with Gasteiger partial charge in [-0.1, -0.05) is 104 Å². The fourth-order valence-electron chi connectivity index (χ4n) is 7.60. The smallest absolute Gasteiger partial charge is 0.314 e. The number of rotatable bonds is 18. The van der Waals surface area contributed by atoms with Crippen LogP contribution in [0.3, 0.4) is 0 Å². The summed E-state index contributed by atoms with van der Waals surface area (Å²) in [5.74, 6) is 4.01. The van der Waals surface area contributed by atoms with E-state index in [1.54, 1.807) is 0 Å². The second-order valence-electron chi connectivity index (χ2n) is 13.8. The molecule has 4 heteroatoms. The zero-order valence-corrected chi connectivity index (χ0v) is 27.5. The molecule has 0 N–H and O–H groups in total. The van der Waals surface area contributed by atoms with Gasteiger partial charge < -0.3 is 4.74 Å². The van der Waals surface area contributed by atoms with E-state index in [0.717, 1.165) is 48.4 Å². The van der Waals surface area contributed by atoms with Gasteiger partial charge in [-0.15, -0.1) is 0 Å². The number of benzene rings is 1. The van der Waals surface area contributed by atoms with Crippen molar-refractivity contribution in [2.24, 2.45) is 23.7 Å². The van der Waals surface area contributed by atoms with Crippen molar-refractivity contribution in [1.29, 1.82) is 0 Å². The molecular formula is C39H60N2O2. The lowest BCUT2D eigenvalue weighted by molar-refractivity contribution is -0.140. The fraction of sp³-hybridized carbons (Fsp3) is 0.718. The van der Waals surface area contributed by atoms with Crippen molar-refractivity contribution in [2.75, 3.05) is 0 Å². The molecule has 0 radical (unpaired) electrons. The van der Waals surface area contributed by atoms with Crippen LogP contribution in [0.4, 0.5) is 0 Å². The molecule has 2 saturated carbocycles. The lowest BCUT2D eigenvalue weighted by Gasteiger charge is -2.37. The van der Waals surface area contributed by atoms with E-state index in [0.29, 0.717) is 5.75 Å². The van der Waals surface area contributed by atoms with Crippen LogP contribution in [-0.4, -0.2) is 15.9 Å². The van der Waals surface area contributed by atoms with Gasteiger partial charge in [-0.05, 0) is 98.9 Å². The van der Waals surface area contributed by atoms with E-state index in [1.807, 2.05) is 36.7 Å². The molecular weight excluding hydrogens is 528 g/mol. The Kier molecular flexibility index (Phi) is 15.0. The van der Waals surface area contributed by atoms with Crippen LogP contribution in [0, 0.1) is 23.7 Å². The lowest BCUT2D eigenvalue weighted by atomic mass is 9.68. The van der Waals surface area contributed by atoms with E-state index in [9.17, 15) is 4.79 Å². The minimum Gasteiger partial charge on any atom is -0.426 e. The molecule has 0 spiro atoms. The average Bonchev–Trinajstić information content (AvgIpc) is 3.05. The molecule has 238 valence electrons. The standard InChI is InChI=1S/C39H60N2O2/c1-3-5-7-9-10-12-14-16-32-29-40-38(41-30-32)35-25-27-37(28-26-35)43-39(42)36-23-21-34(22-24-36)33-19-17-31(18-20-33)15-13-11-8-6-4-2/h25-31,33-34,36H,3-24H2,1-2H3/t31-,33-,34-,36-. The maximum Gasteiger partial charge on any atom is 0.314 e. The van der Waals surface area contributed by atoms with Gasteiger partial charge in [0, 0.05) is 18.0 Å². The third kappa shape index (κ3) is 11.7. The van der Waals surface area contributed by atoms with E-state index in [4.69, 9.17) is 4.74 Å².